The van der Waals surface area contributed by atoms with Crippen molar-refractivity contribution in [1.29, 1.82) is 0 Å². The molecule has 1 saturated carbocycles. The third kappa shape index (κ3) is 3.25. The van der Waals surface area contributed by atoms with E-state index in [4.69, 9.17) is 0 Å². The number of nitrogens with one attached hydrogen (secondary N) is 2. The van der Waals surface area contributed by atoms with E-state index in [1.807, 2.05) is 0 Å². The molecule has 0 radical (unpaired) electrons. The van der Waals surface area contributed by atoms with Crippen LogP contribution in [0.5, 0.6) is 0 Å². The van der Waals surface area contributed by atoms with E-state index < -0.39 is 0 Å². The van der Waals surface area contributed by atoms with Gasteiger partial charge < -0.3 is 10.6 Å². The van der Waals surface area contributed by atoms with Crippen molar-refractivity contribution in [2.45, 2.75) is 65.0 Å². The highest BCUT2D eigenvalue weighted by Crippen LogP contribution is 2.33. The number of carbonyl (C=O) groups excluding carboxylic acids is 1. The molecule has 3 heteroatoms. The van der Waals surface area contributed by atoms with Gasteiger partial charge in [0.1, 0.15) is 0 Å². The SMILES string of the molecule is CC1CCC(C(C)C)C(NC(=O)C2CCCN2)C1. The zero-order valence-electron chi connectivity index (χ0n) is 12.0. The Balaban J connectivity index is 1.93. The Kier molecular flexibility index (Phi) is 4.66. The highest BCUT2D eigenvalue weighted by molar-refractivity contribution is 5.82. The first-order valence-corrected chi connectivity index (χ1v) is 7.61. The summed E-state index contributed by atoms with van der Waals surface area (Å²) in [5.41, 5.74) is 0. The smallest absolute Gasteiger partial charge is 0.237 e. The minimum Gasteiger partial charge on any atom is -0.352 e. The van der Waals surface area contributed by atoms with Crippen LogP contribution in [0.15, 0.2) is 0 Å². The van der Waals surface area contributed by atoms with Crippen LogP contribution in [-0.4, -0.2) is 24.5 Å². The summed E-state index contributed by atoms with van der Waals surface area (Å²) in [6, 6.07) is 0.457. The Hall–Kier alpha value is -0.570. The molecule has 4 unspecified atom stereocenters. The van der Waals surface area contributed by atoms with Crippen LogP contribution in [0.3, 0.4) is 0 Å². The van der Waals surface area contributed by atoms with Crippen molar-refractivity contribution in [2.75, 3.05) is 6.54 Å². The van der Waals surface area contributed by atoms with Gasteiger partial charge in [-0.2, -0.15) is 0 Å². The van der Waals surface area contributed by atoms with Crippen molar-refractivity contribution in [1.82, 2.24) is 10.6 Å². The minimum atomic E-state index is 0.0649. The summed E-state index contributed by atoms with van der Waals surface area (Å²) in [5.74, 6) is 2.31. The largest absolute Gasteiger partial charge is 0.352 e. The molecule has 0 spiro atoms. The highest BCUT2D eigenvalue weighted by Gasteiger charge is 2.33. The van der Waals surface area contributed by atoms with Crippen LogP contribution >= 0.6 is 0 Å². The Morgan fingerprint density at radius 1 is 1.28 bits per heavy atom. The molecule has 2 aliphatic rings. The normalized spacial score (nSPS) is 36.9. The zero-order chi connectivity index (χ0) is 13.1. The van der Waals surface area contributed by atoms with Crippen molar-refractivity contribution >= 4 is 5.91 Å². The topological polar surface area (TPSA) is 41.1 Å². The second kappa shape index (κ2) is 6.05. The fraction of sp³-hybridized carbons (Fsp3) is 0.933. The van der Waals surface area contributed by atoms with Crippen LogP contribution in [0.25, 0.3) is 0 Å². The molecule has 104 valence electrons. The molecule has 0 bridgehead atoms. The lowest BCUT2D eigenvalue weighted by molar-refractivity contribution is -0.124. The zero-order valence-corrected chi connectivity index (χ0v) is 12.0. The number of rotatable bonds is 3. The average Bonchev–Trinajstić information content (AvgIpc) is 2.81. The lowest BCUT2D eigenvalue weighted by Crippen LogP contribution is -2.50. The molecule has 2 rings (SSSR count). The summed E-state index contributed by atoms with van der Waals surface area (Å²) in [4.78, 5) is 12.2. The Labute approximate surface area is 111 Å². The van der Waals surface area contributed by atoms with Crippen molar-refractivity contribution in [2.24, 2.45) is 17.8 Å². The maximum absolute atomic E-state index is 12.2. The number of hydrogen-bond donors (Lipinski definition) is 2. The number of carbonyl (C=O) groups is 1. The summed E-state index contributed by atoms with van der Waals surface area (Å²) in [6.45, 7) is 7.87. The fourth-order valence-electron chi connectivity index (χ4n) is 3.56. The van der Waals surface area contributed by atoms with E-state index in [1.54, 1.807) is 0 Å². The van der Waals surface area contributed by atoms with Gasteiger partial charge in [-0.3, -0.25) is 4.79 Å². The Morgan fingerprint density at radius 2 is 2.06 bits per heavy atom. The molecular weight excluding hydrogens is 224 g/mol. The van der Waals surface area contributed by atoms with E-state index in [0.717, 1.165) is 31.7 Å². The summed E-state index contributed by atoms with van der Waals surface area (Å²) in [5, 5.41) is 6.61. The molecule has 1 aliphatic heterocycles. The first-order chi connectivity index (χ1) is 8.58. The molecule has 0 aromatic heterocycles. The van der Waals surface area contributed by atoms with E-state index in [1.165, 1.54) is 12.8 Å². The third-order valence-electron chi connectivity index (χ3n) is 4.73. The van der Waals surface area contributed by atoms with Crippen molar-refractivity contribution in [3.63, 3.8) is 0 Å². The van der Waals surface area contributed by atoms with Crippen molar-refractivity contribution in [3.05, 3.63) is 0 Å². The molecule has 3 nitrogen and oxygen atoms in total. The maximum Gasteiger partial charge on any atom is 0.237 e. The summed E-state index contributed by atoms with van der Waals surface area (Å²) in [6.07, 6.45) is 5.87. The summed E-state index contributed by atoms with van der Waals surface area (Å²) >= 11 is 0. The van der Waals surface area contributed by atoms with Gasteiger partial charge in [0.15, 0.2) is 0 Å². The van der Waals surface area contributed by atoms with Crippen LogP contribution in [0.4, 0.5) is 0 Å². The second-order valence-electron chi connectivity index (χ2n) is 6.59. The molecule has 0 aromatic rings. The van der Waals surface area contributed by atoms with E-state index in [0.29, 0.717) is 17.9 Å². The van der Waals surface area contributed by atoms with Crippen LogP contribution in [0.1, 0.15) is 52.9 Å². The van der Waals surface area contributed by atoms with Gasteiger partial charge in [0.2, 0.25) is 5.91 Å². The van der Waals surface area contributed by atoms with Gasteiger partial charge in [-0.25, -0.2) is 0 Å². The lowest BCUT2D eigenvalue weighted by atomic mass is 9.74. The Morgan fingerprint density at radius 3 is 2.67 bits per heavy atom. The van der Waals surface area contributed by atoms with Crippen LogP contribution in [0.2, 0.25) is 0 Å². The quantitative estimate of drug-likeness (QED) is 0.809. The number of amides is 1. The Bertz CT molecular complexity index is 284. The lowest BCUT2D eigenvalue weighted by Gasteiger charge is -2.38. The molecule has 2 fully saturated rings. The molecule has 1 saturated heterocycles. The molecule has 1 amide bonds. The molecular formula is C15H28N2O. The van der Waals surface area contributed by atoms with E-state index in [-0.39, 0.29) is 11.9 Å². The van der Waals surface area contributed by atoms with Gasteiger partial charge in [0.25, 0.3) is 0 Å². The van der Waals surface area contributed by atoms with Crippen LogP contribution in [0, 0.1) is 17.8 Å². The fourth-order valence-corrected chi connectivity index (χ4v) is 3.56. The molecule has 1 aliphatic carbocycles. The van der Waals surface area contributed by atoms with Gasteiger partial charge in [-0.1, -0.05) is 27.2 Å². The van der Waals surface area contributed by atoms with Gasteiger partial charge in [-0.05, 0) is 50.0 Å². The van der Waals surface area contributed by atoms with Crippen LogP contribution < -0.4 is 10.6 Å². The summed E-state index contributed by atoms with van der Waals surface area (Å²) in [7, 11) is 0. The van der Waals surface area contributed by atoms with Crippen LogP contribution in [-0.2, 0) is 4.79 Å². The predicted octanol–water partition coefficient (Wildman–Crippen LogP) is 2.32. The highest BCUT2D eigenvalue weighted by atomic mass is 16.2. The molecule has 1 heterocycles. The standard InChI is InChI=1S/C15H28N2O/c1-10(2)12-7-6-11(3)9-14(12)17-15(18)13-5-4-8-16-13/h10-14,16H,4-9H2,1-3H3,(H,17,18). The third-order valence-corrected chi connectivity index (χ3v) is 4.73. The van der Waals surface area contributed by atoms with Crippen molar-refractivity contribution < 1.29 is 4.79 Å². The van der Waals surface area contributed by atoms with Gasteiger partial charge >= 0.3 is 0 Å². The van der Waals surface area contributed by atoms with Crippen molar-refractivity contribution in [3.8, 4) is 0 Å². The molecule has 2 N–H and O–H groups in total. The average molecular weight is 252 g/mol. The van der Waals surface area contributed by atoms with E-state index in [2.05, 4.69) is 31.4 Å². The van der Waals surface area contributed by atoms with Gasteiger partial charge in [0.05, 0.1) is 6.04 Å². The maximum atomic E-state index is 12.2. The van der Waals surface area contributed by atoms with Gasteiger partial charge in [-0.15, -0.1) is 0 Å². The number of hydrogen-bond acceptors (Lipinski definition) is 2. The first kappa shape index (κ1) is 13.9. The molecule has 4 atom stereocenters. The molecule has 18 heavy (non-hydrogen) atoms. The molecule has 0 aromatic carbocycles. The van der Waals surface area contributed by atoms with Gasteiger partial charge in [0, 0.05) is 6.04 Å². The van der Waals surface area contributed by atoms with E-state index in [9.17, 15) is 4.79 Å². The minimum absolute atomic E-state index is 0.0649. The summed E-state index contributed by atoms with van der Waals surface area (Å²) < 4.78 is 0. The van der Waals surface area contributed by atoms with E-state index >= 15 is 0 Å². The second-order valence-corrected chi connectivity index (χ2v) is 6.59. The predicted molar refractivity (Wildman–Crippen MR) is 74.3 cm³/mol. The first-order valence-electron chi connectivity index (χ1n) is 7.61. The monoisotopic (exact) mass is 252 g/mol.